The monoisotopic (exact) mass is 277 g/mol. The molecule has 0 bridgehead atoms. The Morgan fingerprint density at radius 1 is 1.32 bits per heavy atom. The zero-order valence-corrected chi connectivity index (χ0v) is 12.6. The molecular weight excluding hydrogens is 258 g/mol. The third kappa shape index (κ3) is 2.84. The van der Waals surface area contributed by atoms with Gasteiger partial charge in [-0.1, -0.05) is 49.2 Å². The maximum atomic E-state index is 12.3. The second kappa shape index (κ2) is 5.01. The molecule has 0 saturated heterocycles. The quantitative estimate of drug-likeness (QED) is 0.809. The van der Waals surface area contributed by atoms with Crippen LogP contribution < -0.4 is 5.32 Å². The van der Waals surface area contributed by atoms with E-state index >= 15 is 0 Å². The van der Waals surface area contributed by atoms with Gasteiger partial charge in [-0.25, -0.2) is 0 Å². The van der Waals surface area contributed by atoms with Crippen molar-refractivity contribution in [2.45, 2.75) is 27.7 Å². The van der Waals surface area contributed by atoms with Crippen molar-refractivity contribution in [1.82, 2.24) is 0 Å². The van der Waals surface area contributed by atoms with Crippen molar-refractivity contribution in [3.8, 4) is 0 Å². The van der Waals surface area contributed by atoms with Crippen molar-refractivity contribution < 1.29 is 4.79 Å². The van der Waals surface area contributed by atoms with Crippen LogP contribution in [0.5, 0.6) is 0 Å². The standard InChI is InChI=1S/C16H20ClNO/c1-10(2)9-11-14(16(11,3)4)15(19)18-13-8-6-5-7-12(13)17/h5-9,11,14H,1-4H3,(H,18,19)/t11-,14-/m0/s1. The van der Waals surface area contributed by atoms with E-state index in [2.05, 4.69) is 39.1 Å². The third-order valence-electron chi connectivity index (χ3n) is 3.84. The molecule has 1 aliphatic rings. The van der Waals surface area contributed by atoms with Crippen molar-refractivity contribution in [2.24, 2.45) is 17.3 Å². The van der Waals surface area contributed by atoms with E-state index in [-0.39, 0.29) is 17.2 Å². The first kappa shape index (κ1) is 14.1. The molecule has 0 aromatic heterocycles. The molecule has 1 aliphatic carbocycles. The first-order valence-electron chi connectivity index (χ1n) is 6.54. The number of anilines is 1. The summed E-state index contributed by atoms with van der Waals surface area (Å²) in [4.78, 5) is 12.3. The topological polar surface area (TPSA) is 29.1 Å². The number of carbonyl (C=O) groups is 1. The number of hydrogen-bond donors (Lipinski definition) is 1. The van der Waals surface area contributed by atoms with Gasteiger partial charge in [-0.3, -0.25) is 4.79 Å². The molecule has 2 rings (SSSR count). The highest BCUT2D eigenvalue weighted by atomic mass is 35.5. The van der Waals surface area contributed by atoms with Gasteiger partial charge in [0.25, 0.3) is 0 Å². The molecule has 19 heavy (non-hydrogen) atoms. The summed E-state index contributed by atoms with van der Waals surface area (Å²) in [5.41, 5.74) is 1.97. The van der Waals surface area contributed by atoms with E-state index in [0.29, 0.717) is 16.6 Å². The molecule has 1 saturated carbocycles. The maximum absolute atomic E-state index is 12.3. The lowest BCUT2D eigenvalue weighted by Gasteiger charge is -2.07. The molecule has 0 aliphatic heterocycles. The molecule has 102 valence electrons. The summed E-state index contributed by atoms with van der Waals surface area (Å²) in [6.07, 6.45) is 2.19. The molecule has 1 N–H and O–H groups in total. The highest BCUT2D eigenvalue weighted by Gasteiger charge is 2.60. The average Bonchev–Trinajstić information content (AvgIpc) is 2.82. The number of benzene rings is 1. The van der Waals surface area contributed by atoms with E-state index < -0.39 is 0 Å². The van der Waals surface area contributed by atoms with E-state index in [0.717, 1.165) is 0 Å². The molecule has 2 nitrogen and oxygen atoms in total. The Morgan fingerprint density at radius 2 is 1.95 bits per heavy atom. The minimum atomic E-state index is 0.0265. The lowest BCUT2D eigenvalue weighted by molar-refractivity contribution is -0.118. The van der Waals surface area contributed by atoms with E-state index in [1.165, 1.54) is 5.57 Å². The van der Waals surface area contributed by atoms with Crippen LogP contribution in [0.2, 0.25) is 5.02 Å². The zero-order valence-electron chi connectivity index (χ0n) is 11.8. The van der Waals surface area contributed by atoms with E-state index in [1.54, 1.807) is 6.07 Å². The zero-order chi connectivity index (χ0) is 14.2. The maximum Gasteiger partial charge on any atom is 0.228 e. The molecule has 0 heterocycles. The Bertz CT molecular complexity index is 529. The van der Waals surface area contributed by atoms with Gasteiger partial charge >= 0.3 is 0 Å². The van der Waals surface area contributed by atoms with Crippen molar-refractivity contribution in [3.05, 3.63) is 40.9 Å². The lowest BCUT2D eigenvalue weighted by atomic mass is 10.1. The van der Waals surface area contributed by atoms with E-state index in [4.69, 9.17) is 11.6 Å². The van der Waals surface area contributed by atoms with Crippen LogP contribution in [0.25, 0.3) is 0 Å². The molecule has 1 fully saturated rings. The molecule has 1 amide bonds. The van der Waals surface area contributed by atoms with Crippen LogP contribution in [0.15, 0.2) is 35.9 Å². The number of halogens is 1. The number of amides is 1. The Labute approximate surface area is 119 Å². The smallest absolute Gasteiger partial charge is 0.228 e. The fraction of sp³-hybridized carbons (Fsp3) is 0.438. The summed E-state index contributed by atoms with van der Waals surface area (Å²) in [5, 5.41) is 3.51. The Hall–Kier alpha value is -1.28. The highest BCUT2D eigenvalue weighted by molar-refractivity contribution is 6.33. The van der Waals surface area contributed by atoms with Crippen LogP contribution in [0.4, 0.5) is 5.69 Å². The first-order valence-corrected chi connectivity index (χ1v) is 6.92. The number of rotatable bonds is 3. The van der Waals surface area contributed by atoms with Crippen LogP contribution in [0.3, 0.4) is 0 Å². The van der Waals surface area contributed by atoms with Gasteiger partial charge in [-0.2, -0.15) is 0 Å². The second-order valence-electron chi connectivity index (χ2n) is 6.04. The van der Waals surface area contributed by atoms with Crippen LogP contribution in [0.1, 0.15) is 27.7 Å². The van der Waals surface area contributed by atoms with Crippen molar-refractivity contribution in [2.75, 3.05) is 5.32 Å². The molecule has 0 spiro atoms. The SMILES string of the molecule is CC(C)=C[C@H]1[C@@H](C(=O)Nc2ccccc2Cl)C1(C)C. The molecule has 1 aromatic rings. The molecule has 1 aromatic carbocycles. The Kier molecular flexibility index (Phi) is 3.73. The Morgan fingerprint density at radius 3 is 2.53 bits per heavy atom. The number of para-hydroxylation sites is 1. The minimum absolute atomic E-state index is 0.0265. The van der Waals surface area contributed by atoms with Gasteiger partial charge in [0, 0.05) is 0 Å². The summed E-state index contributed by atoms with van der Waals surface area (Å²) in [6.45, 7) is 8.40. The average molecular weight is 278 g/mol. The summed E-state index contributed by atoms with van der Waals surface area (Å²) in [6, 6.07) is 7.33. The van der Waals surface area contributed by atoms with Crippen molar-refractivity contribution in [1.29, 1.82) is 0 Å². The van der Waals surface area contributed by atoms with Crippen molar-refractivity contribution >= 4 is 23.2 Å². The van der Waals surface area contributed by atoms with Gasteiger partial charge in [-0.05, 0) is 37.3 Å². The fourth-order valence-electron chi connectivity index (χ4n) is 2.62. The van der Waals surface area contributed by atoms with Gasteiger partial charge in [0.2, 0.25) is 5.91 Å². The van der Waals surface area contributed by atoms with Gasteiger partial charge in [0.15, 0.2) is 0 Å². The van der Waals surface area contributed by atoms with E-state index in [9.17, 15) is 4.79 Å². The predicted octanol–water partition coefficient (Wildman–Crippen LogP) is 4.52. The number of allylic oxidation sites excluding steroid dienone is 2. The minimum Gasteiger partial charge on any atom is -0.324 e. The molecule has 0 unspecified atom stereocenters. The summed E-state index contributed by atoms with van der Waals surface area (Å²) < 4.78 is 0. The molecule has 3 heteroatoms. The van der Waals surface area contributed by atoms with Crippen molar-refractivity contribution in [3.63, 3.8) is 0 Å². The van der Waals surface area contributed by atoms with Crippen LogP contribution in [-0.2, 0) is 4.79 Å². The summed E-state index contributed by atoms with van der Waals surface area (Å²) in [5.74, 6) is 0.402. The second-order valence-corrected chi connectivity index (χ2v) is 6.45. The van der Waals surface area contributed by atoms with Gasteiger partial charge in [0.05, 0.1) is 16.6 Å². The lowest BCUT2D eigenvalue weighted by Crippen LogP contribution is -2.17. The number of nitrogens with one attached hydrogen (secondary N) is 1. The summed E-state index contributed by atoms with van der Waals surface area (Å²) >= 11 is 6.06. The third-order valence-corrected chi connectivity index (χ3v) is 4.17. The van der Waals surface area contributed by atoms with Gasteiger partial charge in [-0.15, -0.1) is 0 Å². The predicted molar refractivity (Wildman–Crippen MR) is 80.3 cm³/mol. The molecular formula is C16H20ClNO. The highest BCUT2D eigenvalue weighted by Crippen LogP contribution is 2.59. The fourth-order valence-corrected chi connectivity index (χ4v) is 2.80. The Balaban J connectivity index is 2.10. The summed E-state index contributed by atoms with van der Waals surface area (Å²) in [7, 11) is 0. The largest absolute Gasteiger partial charge is 0.324 e. The van der Waals surface area contributed by atoms with Gasteiger partial charge < -0.3 is 5.32 Å². The normalized spacial score (nSPS) is 23.6. The molecule has 0 radical (unpaired) electrons. The molecule has 2 atom stereocenters. The van der Waals surface area contributed by atoms with Crippen LogP contribution in [-0.4, -0.2) is 5.91 Å². The number of carbonyl (C=O) groups excluding carboxylic acids is 1. The van der Waals surface area contributed by atoms with E-state index in [1.807, 2.05) is 18.2 Å². The van der Waals surface area contributed by atoms with Crippen LogP contribution in [0, 0.1) is 17.3 Å². The van der Waals surface area contributed by atoms with Gasteiger partial charge in [0.1, 0.15) is 0 Å². The van der Waals surface area contributed by atoms with Crippen LogP contribution >= 0.6 is 11.6 Å². The first-order chi connectivity index (χ1) is 8.84. The number of hydrogen-bond acceptors (Lipinski definition) is 1.